The Morgan fingerprint density at radius 1 is 1.22 bits per heavy atom. The number of ether oxygens (including phenoxy) is 1. The van der Waals surface area contributed by atoms with Gasteiger partial charge in [-0.2, -0.15) is 0 Å². The molecule has 0 bridgehead atoms. The van der Waals surface area contributed by atoms with Crippen LogP contribution in [0.1, 0.15) is 18.9 Å². The van der Waals surface area contributed by atoms with Gasteiger partial charge in [-0.25, -0.2) is 9.29 Å². The molecular weight excluding hydrogens is 444 g/mol. The Labute approximate surface area is 196 Å². The summed E-state index contributed by atoms with van der Waals surface area (Å²) in [5.74, 6) is 2.19. The molecule has 8 nitrogen and oxygen atoms in total. The molecule has 170 valence electrons. The van der Waals surface area contributed by atoms with Gasteiger partial charge >= 0.3 is 0 Å². The van der Waals surface area contributed by atoms with Crippen LogP contribution in [0.4, 0.5) is 0 Å². The van der Waals surface area contributed by atoms with E-state index in [1.54, 1.807) is 11.3 Å². The van der Waals surface area contributed by atoms with Crippen molar-refractivity contribution in [1.82, 2.24) is 30.4 Å². The lowest BCUT2D eigenvalue weighted by Gasteiger charge is -2.37. The van der Waals surface area contributed by atoms with E-state index in [0.29, 0.717) is 13.0 Å². The monoisotopic (exact) mass is 472 g/mol. The van der Waals surface area contributed by atoms with Gasteiger partial charge in [-0.3, -0.25) is 15.6 Å². The van der Waals surface area contributed by atoms with Crippen molar-refractivity contribution in [2.75, 3.05) is 39.0 Å². The standard InChI is InChI=1S/C22H28N6O2S2/c1-14(16-11-21(29)23-12-16)30-19-10-15(9-18-22(19)32-13-24-18)17-3-4-20(26-25-17)27-5-7-28(31-2)8-6-27/h3-4,9-10,13-14,16,25-26H,5-8,11-12H2,1-2H3,(H,23,29)/t14-,16-/m1/s1. The zero-order valence-corrected chi connectivity index (χ0v) is 19.9. The molecule has 0 radical (unpaired) electrons. The average molecular weight is 473 g/mol. The molecule has 2 fully saturated rings. The normalized spacial score (nSPS) is 22.6. The number of nitrogens with one attached hydrogen (secondary N) is 3. The van der Waals surface area contributed by atoms with Crippen LogP contribution in [0.3, 0.4) is 0 Å². The highest BCUT2D eigenvalue weighted by Gasteiger charge is 2.28. The Balaban J connectivity index is 1.35. The van der Waals surface area contributed by atoms with Crippen LogP contribution in [0.5, 0.6) is 5.75 Å². The molecule has 2 saturated heterocycles. The summed E-state index contributed by atoms with van der Waals surface area (Å²) in [5, 5.41) is 2.90. The molecule has 2 atom stereocenters. The minimum atomic E-state index is -0.0626. The van der Waals surface area contributed by atoms with Crippen molar-refractivity contribution in [2.45, 2.75) is 19.4 Å². The Morgan fingerprint density at radius 2 is 2.06 bits per heavy atom. The maximum Gasteiger partial charge on any atom is 0.220 e. The summed E-state index contributed by atoms with van der Waals surface area (Å²) in [4.78, 5) is 18.5. The van der Waals surface area contributed by atoms with E-state index in [4.69, 9.17) is 4.74 Å². The molecule has 0 unspecified atom stereocenters. The van der Waals surface area contributed by atoms with Crippen molar-refractivity contribution in [3.05, 3.63) is 41.2 Å². The first-order valence-electron chi connectivity index (χ1n) is 10.9. The molecule has 0 aliphatic carbocycles. The van der Waals surface area contributed by atoms with Gasteiger partial charge in [-0.15, -0.1) is 11.3 Å². The summed E-state index contributed by atoms with van der Waals surface area (Å²) in [6.07, 6.45) is 6.82. The second-order valence-corrected chi connectivity index (χ2v) is 9.98. The summed E-state index contributed by atoms with van der Waals surface area (Å²) in [7, 11) is 0. The third kappa shape index (κ3) is 4.39. The van der Waals surface area contributed by atoms with E-state index < -0.39 is 0 Å². The van der Waals surface area contributed by atoms with Crippen molar-refractivity contribution >= 4 is 45.1 Å². The van der Waals surface area contributed by atoms with Crippen molar-refractivity contribution in [2.24, 2.45) is 5.92 Å². The molecule has 0 saturated carbocycles. The summed E-state index contributed by atoms with van der Waals surface area (Å²) in [6, 6.07) is 4.15. The van der Waals surface area contributed by atoms with Crippen molar-refractivity contribution in [3.8, 4) is 5.75 Å². The number of carbonyl (C=O) groups excluding carboxylic acids is 1. The Hall–Kier alpha value is -2.43. The molecule has 1 amide bonds. The van der Waals surface area contributed by atoms with Gasteiger partial charge in [0.1, 0.15) is 17.7 Å². The van der Waals surface area contributed by atoms with Gasteiger partial charge in [0.05, 0.1) is 21.4 Å². The first kappa shape index (κ1) is 21.4. The van der Waals surface area contributed by atoms with Crippen LogP contribution in [0.25, 0.3) is 15.9 Å². The number of piperazine rings is 1. The molecule has 4 heterocycles. The van der Waals surface area contributed by atoms with Crippen molar-refractivity contribution < 1.29 is 9.53 Å². The maximum atomic E-state index is 11.6. The molecule has 5 rings (SSSR count). The van der Waals surface area contributed by atoms with Gasteiger partial charge in [0.2, 0.25) is 5.91 Å². The topological polar surface area (TPSA) is 81.8 Å². The van der Waals surface area contributed by atoms with Gasteiger partial charge in [0.15, 0.2) is 0 Å². The minimum Gasteiger partial charge on any atom is -0.489 e. The van der Waals surface area contributed by atoms with Gasteiger partial charge in [-0.05, 0) is 37.5 Å². The molecule has 3 N–H and O–H groups in total. The smallest absolute Gasteiger partial charge is 0.220 e. The molecular formula is C22H28N6O2S2. The zero-order chi connectivity index (χ0) is 22.1. The fourth-order valence-electron chi connectivity index (χ4n) is 4.28. The highest BCUT2D eigenvalue weighted by molar-refractivity contribution is 7.96. The summed E-state index contributed by atoms with van der Waals surface area (Å²) in [5.41, 5.74) is 11.5. The van der Waals surface area contributed by atoms with E-state index >= 15 is 0 Å². The first-order chi connectivity index (χ1) is 15.6. The first-order valence-corrected chi connectivity index (χ1v) is 13.0. The van der Waals surface area contributed by atoms with Crippen molar-refractivity contribution in [1.29, 1.82) is 0 Å². The molecule has 2 aromatic rings. The van der Waals surface area contributed by atoms with E-state index in [9.17, 15) is 4.79 Å². The zero-order valence-electron chi connectivity index (χ0n) is 18.3. The lowest BCUT2D eigenvalue weighted by atomic mass is 10.0. The summed E-state index contributed by atoms with van der Waals surface area (Å²) in [6.45, 7) is 6.82. The van der Waals surface area contributed by atoms with E-state index in [0.717, 1.165) is 59.2 Å². The van der Waals surface area contributed by atoms with Gasteiger partial charge in [0, 0.05) is 50.6 Å². The van der Waals surface area contributed by atoms with Gasteiger partial charge in [-0.1, -0.05) is 11.9 Å². The van der Waals surface area contributed by atoms with Crippen LogP contribution in [-0.4, -0.2) is 65.2 Å². The molecule has 1 aromatic carbocycles. The maximum absolute atomic E-state index is 11.6. The van der Waals surface area contributed by atoms with E-state index in [2.05, 4.69) is 60.9 Å². The number of carbonyl (C=O) groups is 1. The van der Waals surface area contributed by atoms with Crippen LogP contribution in [0.15, 0.2) is 35.6 Å². The Kier molecular flexibility index (Phi) is 6.16. The van der Waals surface area contributed by atoms with Crippen LogP contribution in [0, 0.1) is 5.92 Å². The lowest BCUT2D eigenvalue weighted by molar-refractivity contribution is -0.119. The predicted molar refractivity (Wildman–Crippen MR) is 130 cm³/mol. The number of hydrogen-bond donors (Lipinski definition) is 3. The van der Waals surface area contributed by atoms with E-state index in [1.807, 2.05) is 24.4 Å². The molecule has 3 aliphatic heterocycles. The van der Waals surface area contributed by atoms with E-state index in [1.165, 1.54) is 0 Å². The highest BCUT2D eigenvalue weighted by Crippen LogP contribution is 2.34. The van der Waals surface area contributed by atoms with Crippen LogP contribution < -0.4 is 20.9 Å². The summed E-state index contributed by atoms with van der Waals surface area (Å²) >= 11 is 3.39. The third-order valence-corrected chi connectivity index (χ3v) is 8.00. The Bertz CT molecular complexity index is 1060. The second-order valence-electron chi connectivity index (χ2n) is 8.25. The number of hydrazine groups is 1. The highest BCUT2D eigenvalue weighted by atomic mass is 32.2. The molecule has 10 heteroatoms. The molecule has 3 aliphatic rings. The van der Waals surface area contributed by atoms with Crippen LogP contribution in [0.2, 0.25) is 0 Å². The van der Waals surface area contributed by atoms with Crippen LogP contribution in [-0.2, 0) is 4.79 Å². The Morgan fingerprint density at radius 3 is 2.75 bits per heavy atom. The fraction of sp³-hybridized carbons (Fsp3) is 0.455. The number of rotatable bonds is 6. The van der Waals surface area contributed by atoms with Crippen molar-refractivity contribution in [3.63, 3.8) is 0 Å². The number of nitrogens with zero attached hydrogens (tertiary/aromatic N) is 3. The number of allylic oxidation sites excluding steroid dienone is 2. The largest absolute Gasteiger partial charge is 0.489 e. The quantitative estimate of drug-likeness (QED) is 0.553. The number of thiazole rings is 1. The number of aromatic nitrogens is 1. The predicted octanol–water partition coefficient (Wildman–Crippen LogP) is 2.39. The molecule has 0 spiro atoms. The second kappa shape index (κ2) is 9.21. The minimum absolute atomic E-state index is 0.0626. The number of benzene rings is 1. The average Bonchev–Trinajstić information content (AvgIpc) is 3.48. The molecule has 32 heavy (non-hydrogen) atoms. The third-order valence-electron chi connectivity index (χ3n) is 6.26. The number of amides is 1. The number of hydrogen-bond acceptors (Lipinski definition) is 9. The van der Waals surface area contributed by atoms with Gasteiger partial charge < -0.3 is 15.0 Å². The van der Waals surface area contributed by atoms with Gasteiger partial charge in [0.25, 0.3) is 0 Å². The van der Waals surface area contributed by atoms with Crippen LogP contribution >= 0.6 is 23.3 Å². The fourth-order valence-corrected chi connectivity index (χ4v) is 5.53. The van der Waals surface area contributed by atoms with E-state index in [-0.39, 0.29) is 17.9 Å². The SMILES string of the molecule is CSN1CCN(C2=CC=C(c3cc(O[C@H](C)[C@H]4CNC(=O)C4)c4scnc4c3)NN2)CC1. The molecule has 1 aromatic heterocycles. The summed E-state index contributed by atoms with van der Waals surface area (Å²) < 4.78 is 9.78. The lowest BCUT2D eigenvalue weighted by Crippen LogP contribution is -2.48. The number of fused-ring (bicyclic) bond motifs is 1.